The van der Waals surface area contributed by atoms with E-state index in [1.807, 2.05) is 0 Å². The third-order valence-corrected chi connectivity index (χ3v) is 4.19. The lowest BCUT2D eigenvalue weighted by Crippen LogP contribution is -2.45. The summed E-state index contributed by atoms with van der Waals surface area (Å²) in [6, 6.07) is 0. The fourth-order valence-corrected chi connectivity index (χ4v) is 3.36. The van der Waals surface area contributed by atoms with Crippen LogP contribution in [0.15, 0.2) is 23.8 Å². The Labute approximate surface area is 93.2 Å². The molecule has 0 saturated carbocycles. The van der Waals surface area contributed by atoms with Gasteiger partial charge in [0.1, 0.15) is 0 Å². The molecule has 0 aromatic carbocycles. The molecule has 0 radical (unpaired) electrons. The molecular weight excluding hydrogens is 184 g/mol. The molecule has 2 rings (SSSR count). The van der Waals surface area contributed by atoms with E-state index in [0.29, 0.717) is 17.9 Å². The van der Waals surface area contributed by atoms with Gasteiger partial charge in [0.25, 0.3) is 0 Å². The number of allylic oxidation sites excluding steroid dienone is 2. The lowest BCUT2D eigenvalue weighted by molar-refractivity contribution is -0.0687. The van der Waals surface area contributed by atoms with E-state index in [9.17, 15) is 0 Å². The Hall–Kier alpha value is -0.560. The molecule has 5 atom stereocenters. The first-order chi connectivity index (χ1) is 7.15. The summed E-state index contributed by atoms with van der Waals surface area (Å²) in [4.78, 5) is 0. The van der Waals surface area contributed by atoms with Crippen molar-refractivity contribution >= 4 is 0 Å². The van der Waals surface area contributed by atoms with Crippen molar-refractivity contribution in [3.05, 3.63) is 23.8 Å². The van der Waals surface area contributed by atoms with E-state index in [0.717, 1.165) is 18.4 Å². The molecule has 0 N–H and O–H groups in total. The summed E-state index contributed by atoms with van der Waals surface area (Å²) >= 11 is 0. The Bertz CT molecular complexity index is 290. The van der Waals surface area contributed by atoms with Gasteiger partial charge in [-0.25, -0.2) is 0 Å². The average molecular weight is 206 g/mol. The predicted molar refractivity (Wildman–Crippen MR) is 63.6 cm³/mol. The van der Waals surface area contributed by atoms with Gasteiger partial charge >= 0.3 is 0 Å². The minimum absolute atomic E-state index is 0.310. The largest absolute Gasteiger partial charge is 0.373 e. The molecular formula is C14H22O. The molecule has 5 unspecified atom stereocenters. The first-order valence-electron chi connectivity index (χ1n) is 6.08. The van der Waals surface area contributed by atoms with E-state index in [1.165, 1.54) is 5.57 Å². The van der Waals surface area contributed by atoms with Crippen molar-refractivity contribution in [1.82, 2.24) is 0 Å². The van der Waals surface area contributed by atoms with Crippen LogP contribution in [0.4, 0.5) is 0 Å². The van der Waals surface area contributed by atoms with Gasteiger partial charge in [-0.15, -0.1) is 0 Å². The minimum Gasteiger partial charge on any atom is -0.373 e. The maximum atomic E-state index is 5.97. The van der Waals surface area contributed by atoms with E-state index in [4.69, 9.17) is 4.74 Å². The number of fused-ring (bicyclic) bond motifs is 2. The highest BCUT2D eigenvalue weighted by molar-refractivity contribution is 5.19. The molecule has 2 bridgehead atoms. The minimum atomic E-state index is 0.310. The molecule has 1 fully saturated rings. The first-order valence-corrected chi connectivity index (χ1v) is 6.08. The van der Waals surface area contributed by atoms with Gasteiger partial charge in [-0.05, 0) is 31.6 Å². The van der Waals surface area contributed by atoms with Crippen LogP contribution in [-0.2, 0) is 4.74 Å². The zero-order valence-electron chi connectivity index (χ0n) is 10.2. The van der Waals surface area contributed by atoms with Gasteiger partial charge in [0.15, 0.2) is 0 Å². The molecule has 0 aromatic rings. The van der Waals surface area contributed by atoms with Gasteiger partial charge in [0, 0.05) is 5.92 Å². The second-order valence-corrected chi connectivity index (χ2v) is 5.14. The van der Waals surface area contributed by atoms with Crippen molar-refractivity contribution < 1.29 is 4.74 Å². The van der Waals surface area contributed by atoms with E-state index in [-0.39, 0.29) is 0 Å². The number of ether oxygens (including phenoxy) is 1. The standard InChI is InChI=1S/C14H22O/c1-5-6-13-14-10(3)7-9(2)12(8-15-13)11(14)4/h5-7,9,11-14H,8H2,1-4H3. The maximum absolute atomic E-state index is 5.97. The molecule has 15 heavy (non-hydrogen) atoms. The van der Waals surface area contributed by atoms with Crippen LogP contribution in [0.5, 0.6) is 0 Å². The fraction of sp³-hybridized carbons (Fsp3) is 0.714. The van der Waals surface area contributed by atoms with Crippen LogP contribution in [0.3, 0.4) is 0 Å². The van der Waals surface area contributed by atoms with E-state index >= 15 is 0 Å². The summed E-state index contributed by atoms with van der Waals surface area (Å²) in [5.74, 6) is 2.78. The van der Waals surface area contributed by atoms with Crippen LogP contribution >= 0.6 is 0 Å². The van der Waals surface area contributed by atoms with E-state index < -0.39 is 0 Å². The smallest absolute Gasteiger partial charge is 0.0823 e. The molecule has 0 amide bonds. The molecule has 2 aliphatic rings. The second-order valence-electron chi connectivity index (χ2n) is 5.14. The molecule has 84 valence electrons. The molecule has 1 heterocycles. The first kappa shape index (κ1) is 10.9. The Morgan fingerprint density at radius 2 is 2.13 bits per heavy atom. The van der Waals surface area contributed by atoms with Gasteiger partial charge in [-0.1, -0.05) is 37.6 Å². The number of hydrogen-bond acceptors (Lipinski definition) is 1. The summed E-state index contributed by atoms with van der Waals surface area (Å²) in [6.07, 6.45) is 7.09. The van der Waals surface area contributed by atoms with Crippen LogP contribution in [0.2, 0.25) is 0 Å². The van der Waals surface area contributed by atoms with Crippen molar-refractivity contribution in [3.8, 4) is 0 Å². The molecule has 0 aromatic heterocycles. The van der Waals surface area contributed by atoms with Gasteiger partial charge in [0.05, 0.1) is 12.7 Å². The highest BCUT2D eigenvalue weighted by Gasteiger charge is 2.42. The molecule has 1 nitrogen and oxygen atoms in total. The monoisotopic (exact) mass is 206 g/mol. The Balaban J connectivity index is 2.29. The third-order valence-electron chi connectivity index (χ3n) is 4.19. The lowest BCUT2D eigenvalue weighted by Gasteiger charge is -2.46. The average Bonchev–Trinajstić information content (AvgIpc) is 2.15. The summed E-state index contributed by atoms with van der Waals surface area (Å²) in [5, 5.41) is 0. The summed E-state index contributed by atoms with van der Waals surface area (Å²) in [7, 11) is 0. The topological polar surface area (TPSA) is 9.23 Å². The maximum Gasteiger partial charge on any atom is 0.0823 e. The van der Waals surface area contributed by atoms with E-state index in [2.05, 4.69) is 45.9 Å². The van der Waals surface area contributed by atoms with Gasteiger partial charge in [-0.3, -0.25) is 0 Å². The highest BCUT2D eigenvalue weighted by Crippen LogP contribution is 2.44. The van der Waals surface area contributed by atoms with Crippen molar-refractivity contribution in [2.75, 3.05) is 6.61 Å². The molecule has 1 aliphatic carbocycles. The van der Waals surface area contributed by atoms with Crippen LogP contribution in [0.25, 0.3) is 0 Å². The third kappa shape index (κ3) is 1.78. The zero-order valence-corrected chi connectivity index (χ0v) is 10.2. The molecule has 1 heteroatoms. The lowest BCUT2D eigenvalue weighted by atomic mass is 9.65. The van der Waals surface area contributed by atoms with Crippen LogP contribution in [0.1, 0.15) is 27.7 Å². The van der Waals surface area contributed by atoms with Gasteiger partial charge in [-0.2, -0.15) is 0 Å². The molecule has 1 saturated heterocycles. The summed E-state index contributed by atoms with van der Waals surface area (Å²) in [5.41, 5.74) is 1.52. The predicted octanol–water partition coefficient (Wildman–Crippen LogP) is 3.43. The van der Waals surface area contributed by atoms with Crippen molar-refractivity contribution in [3.63, 3.8) is 0 Å². The molecule has 1 aliphatic heterocycles. The SMILES string of the molecule is CC=CC1OCC2C(C)C=C(C)C1C2C. The van der Waals surface area contributed by atoms with Gasteiger partial charge < -0.3 is 4.74 Å². The molecule has 0 spiro atoms. The summed E-state index contributed by atoms with van der Waals surface area (Å²) in [6.45, 7) is 9.98. The highest BCUT2D eigenvalue weighted by atomic mass is 16.5. The van der Waals surface area contributed by atoms with Crippen LogP contribution < -0.4 is 0 Å². The Morgan fingerprint density at radius 3 is 2.80 bits per heavy atom. The Kier molecular flexibility index (Phi) is 3.01. The van der Waals surface area contributed by atoms with Gasteiger partial charge in [0.2, 0.25) is 0 Å². The number of hydrogen-bond donors (Lipinski definition) is 0. The quantitative estimate of drug-likeness (QED) is 0.597. The van der Waals surface area contributed by atoms with Crippen molar-refractivity contribution in [2.24, 2.45) is 23.7 Å². The zero-order chi connectivity index (χ0) is 11.0. The van der Waals surface area contributed by atoms with Crippen LogP contribution in [0, 0.1) is 23.7 Å². The van der Waals surface area contributed by atoms with Crippen LogP contribution in [-0.4, -0.2) is 12.7 Å². The number of rotatable bonds is 1. The normalized spacial score (nSPS) is 45.6. The van der Waals surface area contributed by atoms with E-state index in [1.54, 1.807) is 0 Å². The van der Waals surface area contributed by atoms with Crippen molar-refractivity contribution in [1.29, 1.82) is 0 Å². The fourth-order valence-electron chi connectivity index (χ4n) is 3.36. The van der Waals surface area contributed by atoms with Crippen molar-refractivity contribution in [2.45, 2.75) is 33.8 Å². The second kappa shape index (κ2) is 4.13. The summed E-state index contributed by atoms with van der Waals surface area (Å²) < 4.78 is 5.97. The Morgan fingerprint density at radius 1 is 1.40 bits per heavy atom.